The number of rotatable bonds is 2. The van der Waals surface area contributed by atoms with Gasteiger partial charge in [0.25, 0.3) is 10.0 Å². The highest BCUT2D eigenvalue weighted by Crippen LogP contribution is 2.05. The van der Waals surface area contributed by atoms with Crippen molar-refractivity contribution in [3.63, 3.8) is 0 Å². The van der Waals surface area contributed by atoms with Crippen molar-refractivity contribution in [3.8, 4) is 0 Å². The average molecular weight is 190 g/mol. The normalized spacial score (nSPS) is 11.9. The molecule has 0 amide bonds. The van der Waals surface area contributed by atoms with Crippen molar-refractivity contribution < 1.29 is 8.42 Å². The first-order chi connectivity index (χ1) is 5.47. The molecule has 68 valence electrons. The summed E-state index contributed by atoms with van der Waals surface area (Å²) in [6, 6.07) is 0. The van der Waals surface area contributed by atoms with Crippen LogP contribution in [0.4, 0.5) is 0 Å². The number of sulfonamides is 1. The van der Waals surface area contributed by atoms with E-state index in [0.717, 1.165) is 0 Å². The molecule has 12 heavy (non-hydrogen) atoms. The summed E-state index contributed by atoms with van der Waals surface area (Å²) in [7, 11) is -1.90. The van der Waals surface area contributed by atoms with Gasteiger partial charge in [0.15, 0.2) is 5.03 Å². The second kappa shape index (κ2) is 2.85. The third-order valence-electron chi connectivity index (χ3n) is 1.52. The lowest BCUT2D eigenvalue weighted by Crippen LogP contribution is -2.30. The first kappa shape index (κ1) is 9.17. The fraction of sp³-hybridized carbons (Fsp3) is 0.400. The van der Waals surface area contributed by atoms with E-state index < -0.39 is 10.0 Å². The van der Waals surface area contributed by atoms with Gasteiger partial charge in [0.2, 0.25) is 0 Å². The van der Waals surface area contributed by atoms with Gasteiger partial charge in [-0.15, -0.1) is 4.83 Å². The SMILES string of the molecule is Cc1nc(S(=O)(=O)NN)cn1C. The molecule has 7 heteroatoms. The molecule has 1 heterocycles. The Morgan fingerprint density at radius 3 is 2.58 bits per heavy atom. The van der Waals surface area contributed by atoms with Crippen LogP contribution in [-0.2, 0) is 17.1 Å². The van der Waals surface area contributed by atoms with Crippen LogP contribution in [0.1, 0.15) is 5.82 Å². The quantitative estimate of drug-likeness (QED) is 0.456. The third kappa shape index (κ3) is 1.47. The zero-order valence-electron chi connectivity index (χ0n) is 6.77. The second-order valence-electron chi connectivity index (χ2n) is 2.36. The number of hydrogen-bond donors (Lipinski definition) is 2. The number of nitrogens with two attached hydrogens (primary N) is 1. The van der Waals surface area contributed by atoms with Crippen LogP contribution in [-0.4, -0.2) is 18.0 Å². The lowest BCUT2D eigenvalue weighted by Gasteiger charge is -1.94. The summed E-state index contributed by atoms with van der Waals surface area (Å²) in [5, 5.41) is -0.0648. The van der Waals surface area contributed by atoms with Gasteiger partial charge in [0, 0.05) is 13.2 Å². The van der Waals surface area contributed by atoms with Crippen molar-refractivity contribution in [2.24, 2.45) is 12.9 Å². The third-order valence-corrected chi connectivity index (χ3v) is 2.57. The van der Waals surface area contributed by atoms with Crippen molar-refractivity contribution in [1.82, 2.24) is 14.4 Å². The van der Waals surface area contributed by atoms with Gasteiger partial charge in [-0.1, -0.05) is 0 Å². The summed E-state index contributed by atoms with van der Waals surface area (Å²) in [4.78, 5) is 5.48. The minimum atomic E-state index is -3.60. The van der Waals surface area contributed by atoms with Crippen LogP contribution in [0.25, 0.3) is 0 Å². The first-order valence-corrected chi connectivity index (χ1v) is 4.68. The second-order valence-corrected chi connectivity index (χ2v) is 4.02. The van der Waals surface area contributed by atoms with Crippen molar-refractivity contribution in [1.29, 1.82) is 0 Å². The molecule has 0 spiro atoms. The maximum atomic E-state index is 11.1. The van der Waals surface area contributed by atoms with Gasteiger partial charge in [-0.2, -0.15) is 0 Å². The number of imidazole rings is 1. The summed E-state index contributed by atoms with van der Waals surface area (Å²) in [5.74, 6) is 5.43. The van der Waals surface area contributed by atoms with Crippen molar-refractivity contribution in [2.45, 2.75) is 11.9 Å². The zero-order chi connectivity index (χ0) is 9.35. The van der Waals surface area contributed by atoms with E-state index in [1.54, 1.807) is 23.4 Å². The Hall–Kier alpha value is -0.920. The van der Waals surface area contributed by atoms with Crippen molar-refractivity contribution >= 4 is 10.0 Å². The van der Waals surface area contributed by atoms with Gasteiger partial charge < -0.3 is 4.57 Å². The molecule has 0 radical (unpaired) electrons. The highest BCUT2D eigenvalue weighted by molar-refractivity contribution is 7.89. The van der Waals surface area contributed by atoms with Gasteiger partial charge in [-0.25, -0.2) is 13.4 Å². The van der Waals surface area contributed by atoms with E-state index in [9.17, 15) is 8.42 Å². The van der Waals surface area contributed by atoms with E-state index in [0.29, 0.717) is 5.82 Å². The molecular weight excluding hydrogens is 180 g/mol. The van der Waals surface area contributed by atoms with Gasteiger partial charge in [-0.3, -0.25) is 5.84 Å². The summed E-state index contributed by atoms with van der Waals surface area (Å²) in [6.45, 7) is 1.70. The molecular formula is C5H10N4O2S. The van der Waals surface area contributed by atoms with Crippen LogP contribution in [0.15, 0.2) is 11.2 Å². The topological polar surface area (TPSA) is 90.0 Å². The fourth-order valence-electron chi connectivity index (χ4n) is 0.716. The first-order valence-electron chi connectivity index (χ1n) is 3.20. The molecule has 0 aromatic carbocycles. The van der Waals surface area contributed by atoms with E-state index in [1.807, 2.05) is 0 Å². The van der Waals surface area contributed by atoms with Gasteiger partial charge >= 0.3 is 0 Å². The molecule has 0 atom stereocenters. The van der Waals surface area contributed by atoms with Crippen LogP contribution >= 0.6 is 0 Å². The molecule has 0 aliphatic rings. The van der Waals surface area contributed by atoms with E-state index in [2.05, 4.69) is 4.98 Å². The van der Waals surface area contributed by atoms with Gasteiger partial charge in [0.05, 0.1) is 0 Å². The molecule has 0 aliphatic heterocycles. The van der Waals surface area contributed by atoms with Crippen LogP contribution < -0.4 is 10.7 Å². The highest BCUT2D eigenvalue weighted by Gasteiger charge is 2.15. The summed E-state index contributed by atoms with van der Waals surface area (Å²) in [5.41, 5.74) is 0. The maximum Gasteiger partial charge on any atom is 0.272 e. The molecule has 0 bridgehead atoms. The molecule has 0 fully saturated rings. The lowest BCUT2D eigenvalue weighted by atomic mass is 10.7. The number of hydrogen-bond acceptors (Lipinski definition) is 4. The predicted molar refractivity (Wildman–Crippen MR) is 42.5 cm³/mol. The Balaban J connectivity index is 3.22. The highest BCUT2D eigenvalue weighted by atomic mass is 32.2. The Kier molecular flexibility index (Phi) is 2.18. The largest absolute Gasteiger partial charge is 0.337 e. The van der Waals surface area contributed by atoms with E-state index in [1.165, 1.54) is 6.20 Å². The number of aryl methyl sites for hydroxylation is 2. The standard InChI is InChI=1S/C5H10N4O2S/c1-4-7-5(3-9(4)2)12(10,11)8-6/h3,8H,6H2,1-2H3. The van der Waals surface area contributed by atoms with E-state index in [4.69, 9.17) is 5.84 Å². The lowest BCUT2D eigenvalue weighted by molar-refractivity contribution is 0.580. The van der Waals surface area contributed by atoms with Crippen LogP contribution in [0.2, 0.25) is 0 Å². The smallest absolute Gasteiger partial charge is 0.272 e. The van der Waals surface area contributed by atoms with E-state index in [-0.39, 0.29) is 5.03 Å². The van der Waals surface area contributed by atoms with Crippen molar-refractivity contribution in [3.05, 3.63) is 12.0 Å². The fourth-order valence-corrected chi connectivity index (χ4v) is 1.39. The molecule has 1 aromatic heterocycles. The monoisotopic (exact) mass is 190 g/mol. The van der Waals surface area contributed by atoms with Gasteiger partial charge in [-0.05, 0) is 6.92 Å². The predicted octanol–water partition coefficient (Wildman–Crippen LogP) is -1.12. The maximum absolute atomic E-state index is 11.1. The number of nitrogens with one attached hydrogen (secondary N) is 1. The summed E-state index contributed by atoms with van der Waals surface area (Å²) >= 11 is 0. The molecule has 1 aromatic rings. The number of hydrazine groups is 1. The number of nitrogens with zero attached hydrogens (tertiary/aromatic N) is 2. The Morgan fingerprint density at radius 1 is 1.67 bits per heavy atom. The van der Waals surface area contributed by atoms with Crippen LogP contribution in [0.3, 0.4) is 0 Å². The Morgan fingerprint density at radius 2 is 2.25 bits per heavy atom. The Bertz CT molecular complexity index is 361. The number of aromatic nitrogens is 2. The molecule has 1 rings (SSSR count). The van der Waals surface area contributed by atoms with Crippen molar-refractivity contribution in [2.75, 3.05) is 0 Å². The molecule has 3 N–H and O–H groups in total. The molecule has 0 aliphatic carbocycles. The summed E-state index contributed by atoms with van der Waals surface area (Å²) < 4.78 is 23.7. The van der Waals surface area contributed by atoms with Gasteiger partial charge in [0.1, 0.15) is 5.82 Å². The van der Waals surface area contributed by atoms with Crippen LogP contribution in [0.5, 0.6) is 0 Å². The minimum Gasteiger partial charge on any atom is -0.337 e. The van der Waals surface area contributed by atoms with Crippen LogP contribution in [0, 0.1) is 6.92 Å². The molecule has 0 saturated heterocycles. The average Bonchev–Trinajstić information content (AvgIpc) is 2.33. The molecule has 0 unspecified atom stereocenters. The Labute approximate surface area is 70.4 Å². The summed E-state index contributed by atoms with van der Waals surface area (Å²) in [6.07, 6.45) is 1.39. The zero-order valence-corrected chi connectivity index (χ0v) is 7.59. The van der Waals surface area contributed by atoms with E-state index >= 15 is 0 Å². The minimum absolute atomic E-state index is 0.0648. The molecule has 6 nitrogen and oxygen atoms in total. The molecule has 0 saturated carbocycles.